The minimum absolute atomic E-state index is 0.111. The van der Waals surface area contributed by atoms with Gasteiger partial charge in [-0.25, -0.2) is 22.0 Å². The highest BCUT2D eigenvalue weighted by Gasteiger charge is 2.43. The van der Waals surface area contributed by atoms with Crippen LogP contribution in [0.1, 0.15) is 25.7 Å². The molecule has 134 valence electrons. The first kappa shape index (κ1) is 17.9. The monoisotopic (exact) mass is 394 g/mol. The molecule has 1 fully saturated rings. The Morgan fingerprint density at radius 2 is 1.96 bits per heavy atom. The molecule has 0 unspecified atom stereocenters. The van der Waals surface area contributed by atoms with E-state index in [2.05, 4.69) is 15.4 Å². The van der Waals surface area contributed by atoms with E-state index in [9.17, 15) is 16.8 Å². The Morgan fingerprint density at radius 1 is 1.33 bits per heavy atom. The molecule has 2 aliphatic rings. The second-order valence-electron chi connectivity index (χ2n) is 6.20. The minimum atomic E-state index is -4.12. The second-order valence-corrected chi connectivity index (χ2v) is 9.79. The van der Waals surface area contributed by atoms with E-state index in [1.807, 2.05) is 7.05 Å². The van der Waals surface area contributed by atoms with Crippen LogP contribution in [0.4, 0.5) is 5.69 Å². The summed E-state index contributed by atoms with van der Waals surface area (Å²) in [7, 11) is -6.13. The largest absolute Gasteiger partial charge is 0.365 e. The molecule has 0 saturated heterocycles. The van der Waals surface area contributed by atoms with Crippen molar-refractivity contribution in [3.63, 3.8) is 0 Å². The van der Waals surface area contributed by atoms with Gasteiger partial charge in [-0.15, -0.1) is 0 Å². The number of halogens is 1. The summed E-state index contributed by atoms with van der Waals surface area (Å²) in [4.78, 5) is -0.581. The van der Waals surface area contributed by atoms with Gasteiger partial charge in [0.15, 0.2) is 0 Å². The summed E-state index contributed by atoms with van der Waals surface area (Å²) in [5.41, 5.74) is -0.500. The van der Waals surface area contributed by atoms with Crippen LogP contribution in [-0.2, 0) is 20.0 Å². The van der Waals surface area contributed by atoms with Crippen LogP contribution in [0.3, 0.4) is 0 Å². The number of nitrogens with one attached hydrogen (secondary N) is 3. The molecule has 11 heteroatoms. The predicted molar refractivity (Wildman–Crippen MR) is 90.8 cm³/mol. The van der Waals surface area contributed by atoms with Crippen molar-refractivity contribution in [1.29, 1.82) is 0 Å². The molecular weight excluding hydrogens is 376 g/mol. The highest BCUT2D eigenvalue weighted by molar-refractivity contribution is 7.90. The first-order chi connectivity index (χ1) is 11.1. The van der Waals surface area contributed by atoms with E-state index in [1.165, 1.54) is 6.07 Å². The molecule has 0 radical (unpaired) electrons. The van der Waals surface area contributed by atoms with Gasteiger partial charge < -0.3 is 10.6 Å². The molecule has 1 spiro atoms. The third-order valence-electron chi connectivity index (χ3n) is 4.58. The van der Waals surface area contributed by atoms with Gasteiger partial charge in [0.2, 0.25) is 20.0 Å². The van der Waals surface area contributed by atoms with Gasteiger partial charge in [-0.05, 0) is 44.9 Å². The van der Waals surface area contributed by atoms with Crippen molar-refractivity contribution >= 4 is 37.3 Å². The summed E-state index contributed by atoms with van der Waals surface area (Å²) in [5.74, 6) is 0. The zero-order valence-corrected chi connectivity index (χ0v) is 15.4. The molecular formula is C13H19ClN4O4S2. The molecule has 8 nitrogen and oxygen atoms in total. The Kier molecular flexibility index (Phi) is 4.34. The third-order valence-corrected chi connectivity index (χ3v) is 7.53. The number of anilines is 1. The van der Waals surface area contributed by atoms with Crippen molar-refractivity contribution in [3.8, 4) is 0 Å². The van der Waals surface area contributed by atoms with Gasteiger partial charge >= 0.3 is 0 Å². The van der Waals surface area contributed by atoms with Crippen LogP contribution in [0.5, 0.6) is 0 Å². The van der Waals surface area contributed by atoms with Crippen molar-refractivity contribution in [1.82, 2.24) is 10.0 Å². The molecule has 1 aliphatic carbocycles. The first-order valence-electron chi connectivity index (χ1n) is 7.42. The molecule has 0 amide bonds. The SMILES string of the molecule is CNC1CCC2(CC1)Nc1cc(Cl)c(S(N)(=O)=O)cc1S(=O)(=O)N2. The maximum atomic E-state index is 12.6. The van der Waals surface area contributed by atoms with Crippen LogP contribution in [0.2, 0.25) is 5.02 Å². The average molecular weight is 395 g/mol. The standard InChI is InChI=1S/C13H19ClN4O4S2/c1-16-8-2-4-13(5-3-8)17-10-6-9(14)11(23(15,19)20)7-12(10)24(21,22)18-13/h6-8,16-18H,2-5H2,1H3,(H2,15,19,20). The maximum Gasteiger partial charge on any atom is 0.244 e. The number of fused-ring (bicyclic) bond motifs is 1. The lowest BCUT2D eigenvalue weighted by molar-refractivity contribution is 0.260. The molecule has 1 aromatic carbocycles. The fourth-order valence-corrected chi connectivity index (χ4v) is 6.02. The summed E-state index contributed by atoms with van der Waals surface area (Å²) >= 11 is 5.99. The molecule has 0 bridgehead atoms. The number of hydrogen-bond donors (Lipinski definition) is 4. The van der Waals surface area contributed by atoms with Crippen LogP contribution >= 0.6 is 11.6 Å². The van der Waals surface area contributed by atoms with E-state index in [0.717, 1.165) is 18.9 Å². The zero-order valence-electron chi connectivity index (χ0n) is 13.0. The van der Waals surface area contributed by atoms with Crippen LogP contribution in [-0.4, -0.2) is 35.6 Å². The van der Waals surface area contributed by atoms with Crippen LogP contribution in [0.25, 0.3) is 0 Å². The average Bonchev–Trinajstić information content (AvgIpc) is 2.45. The van der Waals surface area contributed by atoms with Gasteiger partial charge in [0, 0.05) is 6.04 Å². The molecule has 1 heterocycles. The van der Waals surface area contributed by atoms with Gasteiger partial charge in [-0.3, -0.25) is 0 Å². The van der Waals surface area contributed by atoms with Crippen LogP contribution in [0.15, 0.2) is 21.9 Å². The smallest absolute Gasteiger partial charge is 0.244 e. The molecule has 1 aromatic rings. The third kappa shape index (κ3) is 3.14. The van der Waals surface area contributed by atoms with Gasteiger partial charge in [-0.1, -0.05) is 11.6 Å². The van der Waals surface area contributed by atoms with Crippen molar-refractivity contribution < 1.29 is 16.8 Å². The topological polar surface area (TPSA) is 130 Å². The summed E-state index contributed by atoms with van der Waals surface area (Å²) in [6, 6.07) is 2.65. The van der Waals surface area contributed by atoms with Crippen LogP contribution < -0.4 is 20.5 Å². The lowest BCUT2D eigenvalue weighted by Gasteiger charge is -2.44. The fraction of sp³-hybridized carbons (Fsp3) is 0.538. The van der Waals surface area contributed by atoms with Gasteiger partial charge in [-0.2, -0.15) is 4.72 Å². The number of benzene rings is 1. The molecule has 3 rings (SSSR count). The lowest BCUT2D eigenvalue weighted by atomic mass is 9.86. The number of rotatable bonds is 2. The van der Waals surface area contributed by atoms with Gasteiger partial charge in [0.05, 0.1) is 10.7 Å². The summed E-state index contributed by atoms with van der Waals surface area (Å²) < 4.78 is 51.1. The van der Waals surface area contributed by atoms with E-state index < -0.39 is 30.6 Å². The Balaban J connectivity index is 2.05. The van der Waals surface area contributed by atoms with Gasteiger partial charge in [0.1, 0.15) is 15.5 Å². The summed E-state index contributed by atoms with van der Waals surface area (Å²) in [6.45, 7) is 0. The normalized spacial score (nSPS) is 29.0. The van der Waals surface area contributed by atoms with Gasteiger partial charge in [0.25, 0.3) is 0 Å². The molecule has 1 aliphatic heterocycles. The van der Waals surface area contributed by atoms with E-state index in [4.69, 9.17) is 16.7 Å². The Hall–Kier alpha value is -0.910. The van der Waals surface area contributed by atoms with E-state index in [1.54, 1.807) is 0 Å². The number of nitrogens with two attached hydrogens (primary N) is 1. The number of hydrogen-bond acceptors (Lipinski definition) is 6. The quantitative estimate of drug-likeness (QED) is 0.579. The highest BCUT2D eigenvalue weighted by Crippen LogP contribution is 2.40. The number of primary sulfonamides is 1. The Bertz CT molecular complexity index is 877. The van der Waals surface area contributed by atoms with Crippen molar-refractivity contribution in [2.75, 3.05) is 12.4 Å². The van der Waals surface area contributed by atoms with E-state index in [-0.39, 0.29) is 15.6 Å². The molecule has 0 atom stereocenters. The molecule has 5 N–H and O–H groups in total. The van der Waals surface area contributed by atoms with Crippen LogP contribution in [0, 0.1) is 0 Å². The van der Waals surface area contributed by atoms with Crippen molar-refractivity contribution in [2.45, 2.75) is 47.2 Å². The Labute approximate surface area is 146 Å². The predicted octanol–water partition coefficient (Wildman–Crippen LogP) is 0.550. The van der Waals surface area contributed by atoms with E-state index >= 15 is 0 Å². The fourth-order valence-electron chi connectivity index (χ4n) is 3.29. The zero-order chi connectivity index (χ0) is 17.8. The lowest BCUT2D eigenvalue weighted by Crippen LogP contribution is -2.60. The van der Waals surface area contributed by atoms with Crippen molar-refractivity contribution in [2.24, 2.45) is 5.14 Å². The summed E-state index contributed by atoms with van der Waals surface area (Å²) in [6.07, 6.45) is 2.83. The first-order valence-corrected chi connectivity index (χ1v) is 10.8. The molecule has 1 saturated carbocycles. The maximum absolute atomic E-state index is 12.6. The molecule has 24 heavy (non-hydrogen) atoms. The summed E-state index contributed by atoms with van der Waals surface area (Å²) in [5, 5.41) is 11.4. The van der Waals surface area contributed by atoms with E-state index in [0.29, 0.717) is 18.9 Å². The highest BCUT2D eigenvalue weighted by atomic mass is 35.5. The Morgan fingerprint density at radius 3 is 2.50 bits per heavy atom. The number of sulfonamides is 2. The van der Waals surface area contributed by atoms with Crippen molar-refractivity contribution in [3.05, 3.63) is 17.2 Å². The second kappa shape index (κ2) is 5.82. The molecule has 0 aromatic heterocycles. The minimum Gasteiger partial charge on any atom is -0.365 e.